The maximum absolute atomic E-state index is 14.3. The van der Waals surface area contributed by atoms with E-state index in [4.69, 9.17) is 4.74 Å². The quantitative estimate of drug-likeness (QED) is 0.883. The van der Waals surface area contributed by atoms with E-state index in [1.165, 1.54) is 18.3 Å². The Morgan fingerprint density at radius 1 is 1.19 bits per heavy atom. The molecule has 0 saturated carbocycles. The Kier molecular flexibility index (Phi) is 5.27. The van der Waals surface area contributed by atoms with Gasteiger partial charge in [-0.15, -0.1) is 0 Å². The summed E-state index contributed by atoms with van der Waals surface area (Å²) in [6.45, 7) is 2.29. The molecule has 0 spiro atoms. The van der Waals surface area contributed by atoms with Crippen LogP contribution in [0.5, 0.6) is 5.75 Å². The van der Waals surface area contributed by atoms with Crippen molar-refractivity contribution in [1.82, 2.24) is 9.62 Å². The highest BCUT2D eigenvalue weighted by Crippen LogP contribution is 2.34. The molecule has 1 N–H and O–H groups in total. The summed E-state index contributed by atoms with van der Waals surface area (Å²) in [5, 5.41) is 3.14. The molecule has 0 radical (unpaired) electrons. The normalized spacial score (nSPS) is 18.7. The summed E-state index contributed by atoms with van der Waals surface area (Å²) in [6, 6.07) is 8.14. The highest BCUT2D eigenvalue weighted by molar-refractivity contribution is 7.89. The van der Waals surface area contributed by atoms with Crippen LogP contribution in [0.15, 0.2) is 41.3 Å². The number of benzene rings is 2. The molecular formula is C18H20F2N2O3S. The van der Waals surface area contributed by atoms with Crippen LogP contribution in [0.3, 0.4) is 0 Å². The molecule has 1 aliphatic rings. The molecule has 26 heavy (non-hydrogen) atoms. The smallest absolute Gasteiger partial charge is 0.246 e. The minimum atomic E-state index is -4.23. The van der Waals surface area contributed by atoms with Gasteiger partial charge in [-0.05, 0) is 30.7 Å². The van der Waals surface area contributed by atoms with Crippen LogP contribution >= 0.6 is 0 Å². The molecule has 0 aliphatic carbocycles. The Balaban J connectivity index is 2.09. The van der Waals surface area contributed by atoms with E-state index >= 15 is 0 Å². The number of nitrogens with zero attached hydrogens (tertiary/aromatic N) is 1. The fraction of sp³-hybridized carbons (Fsp3) is 0.333. The Hall–Kier alpha value is -2.03. The molecule has 8 heteroatoms. The second-order valence-corrected chi connectivity index (χ2v) is 7.97. The second-order valence-electron chi connectivity index (χ2n) is 6.11. The topological polar surface area (TPSA) is 58.6 Å². The number of hydrogen-bond acceptors (Lipinski definition) is 4. The van der Waals surface area contributed by atoms with Gasteiger partial charge in [-0.3, -0.25) is 0 Å². The summed E-state index contributed by atoms with van der Waals surface area (Å²) in [5.41, 5.74) is 0.724. The van der Waals surface area contributed by atoms with Crippen LogP contribution in [0.25, 0.3) is 0 Å². The molecule has 3 rings (SSSR count). The van der Waals surface area contributed by atoms with Crippen LogP contribution in [0.1, 0.15) is 17.2 Å². The molecule has 5 nitrogen and oxygen atoms in total. The Bertz CT molecular complexity index is 919. The first-order chi connectivity index (χ1) is 12.4. The van der Waals surface area contributed by atoms with Crippen molar-refractivity contribution in [1.29, 1.82) is 0 Å². The minimum absolute atomic E-state index is 0.0584. The predicted octanol–water partition coefficient (Wildman–Crippen LogP) is 2.62. The molecule has 1 fully saturated rings. The number of hydrogen-bond donors (Lipinski definition) is 1. The van der Waals surface area contributed by atoms with Crippen molar-refractivity contribution in [2.24, 2.45) is 0 Å². The molecule has 2 aromatic rings. The molecule has 1 aliphatic heterocycles. The molecule has 2 aromatic carbocycles. The lowest BCUT2D eigenvalue weighted by molar-refractivity contribution is 0.263. The first kappa shape index (κ1) is 18.8. The summed E-state index contributed by atoms with van der Waals surface area (Å²) in [7, 11) is -2.73. The maximum Gasteiger partial charge on any atom is 0.246 e. The van der Waals surface area contributed by atoms with Gasteiger partial charge in [-0.2, -0.15) is 4.31 Å². The van der Waals surface area contributed by atoms with Crippen LogP contribution in [-0.2, 0) is 10.0 Å². The van der Waals surface area contributed by atoms with Gasteiger partial charge < -0.3 is 10.1 Å². The summed E-state index contributed by atoms with van der Waals surface area (Å²) >= 11 is 0. The molecule has 0 aromatic heterocycles. The van der Waals surface area contributed by atoms with E-state index in [1.54, 1.807) is 24.3 Å². The number of aryl methyl sites for hydroxylation is 1. The van der Waals surface area contributed by atoms with Crippen LogP contribution in [0, 0.1) is 18.6 Å². The van der Waals surface area contributed by atoms with Crippen molar-refractivity contribution < 1.29 is 21.9 Å². The monoisotopic (exact) mass is 382 g/mol. The number of methoxy groups -OCH3 is 1. The van der Waals surface area contributed by atoms with Crippen molar-refractivity contribution >= 4 is 10.0 Å². The minimum Gasteiger partial charge on any atom is -0.496 e. The van der Waals surface area contributed by atoms with Crippen molar-refractivity contribution in [2.45, 2.75) is 17.9 Å². The molecule has 1 unspecified atom stereocenters. The van der Waals surface area contributed by atoms with E-state index < -0.39 is 32.6 Å². The number of nitrogens with one attached hydrogen (secondary N) is 1. The molecule has 1 heterocycles. The SMILES string of the molecule is COc1ccccc1C1CNCCN1S(=O)(=O)c1cc(F)c(C)cc1F. The van der Waals surface area contributed by atoms with E-state index in [0.717, 1.165) is 12.1 Å². The summed E-state index contributed by atoms with van der Waals surface area (Å²) < 4.78 is 61.0. The number of piperazine rings is 1. The Morgan fingerprint density at radius 3 is 2.65 bits per heavy atom. The van der Waals surface area contributed by atoms with E-state index in [9.17, 15) is 17.2 Å². The Morgan fingerprint density at radius 2 is 1.92 bits per heavy atom. The molecule has 140 valence electrons. The third kappa shape index (κ3) is 3.32. The fourth-order valence-corrected chi connectivity index (χ4v) is 4.80. The van der Waals surface area contributed by atoms with Gasteiger partial charge >= 0.3 is 0 Å². The summed E-state index contributed by atoms with van der Waals surface area (Å²) in [5.74, 6) is -1.17. The van der Waals surface area contributed by atoms with Gasteiger partial charge in [-0.25, -0.2) is 17.2 Å². The highest BCUT2D eigenvalue weighted by atomic mass is 32.2. The average Bonchev–Trinajstić information content (AvgIpc) is 2.64. The number of sulfonamides is 1. The van der Waals surface area contributed by atoms with Crippen molar-refractivity contribution in [2.75, 3.05) is 26.7 Å². The zero-order valence-corrected chi connectivity index (χ0v) is 15.3. The zero-order chi connectivity index (χ0) is 18.9. The predicted molar refractivity (Wildman–Crippen MR) is 93.6 cm³/mol. The first-order valence-corrected chi connectivity index (χ1v) is 9.61. The third-order valence-corrected chi connectivity index (χ3v) is 6.42. The highest BCUT2D eigenvalue weighted by Gasteiger charge is 2.37. The van der Waals surface area contributed by atoms with Crippen molar-refractivity contribution in [3.8, 4) is 5.75 Å². The number of para-hydroxylation sites is 1. The lowest BCUT2D eigenvalue weighted by Crippen LogP contribution is -2.48. The first-order valence-electron chi connectivity index (χ1n) is 8.17. The van der Waals surface area contributed by atoms with Gasteiger partial charge in [0, 0.05) is 25.2 Å². The van der Waals surface area contributed by atoms with E-state index in [2.05, 4.69) is 5.32 Å². The fourth-order valence-electron chi connectivity index (χ4n) is 3.13. The molecule has 0 bridgehead atoms. The molecular weight excluding hydrogens is 362 g/mol. The number of halogens is 2. The van der Waals surface area contributed by atoms with Gasteiger partial charge in [0.25, 0.3) is 0 Å². The summed E-state index contributed by atoms with van der Waals surface area (Å²) in [6.07, 6.45) is 0. The standard InChI is InChI=1S/C18H20F2N2O3S/c1-12-9-15(20)18(10-14(12)19)26(23,24)22-8-7-21-11-16(22)13-5-3-4-6-17(13)25-2/h3-6,9-10,16,21H,7-8,11H2,1-2H3. The van der Waals surface area contributed by atoms with E-state index in [-0.39, 0.29) is 12.1 Å². The van der Waals surface area contributed by atoms with Gasteiger partial charge in [0.15, 0.2) is 0 Å². The molecule has 1 atom stereocenters. The van der Waals surface area contributed by atoms with Gasteiger partial charge in [0.2, 0.25) is 10.0 Å². The molecule has 0 amide bonds. The van der Waals surface area contributed by atoms with Gasteiger partial charge in [0.05, 0.1) is 13.2 Å². The zero-order valence-electron chi connectivity index (χ0n) is 14.5. The Labute approximate surface area is 151 Å². The molecule has 1 saturated heterocycles. The van der Waals surface area contributed by atoms with Crippen LogP contribution in [-0.4, -0.2) is 39.5 Å². The third-order valence-electron chi connectivity index (χ3n) is 4.49. The maximum atomic E-state index is 14.3. The van der Waals surface area contributed by atoms with Crippen molar-refractivity contribution in [3.05, 3.63) is 59.2 Å². The largest absolute Gasteiger partial charge is 0.496 e. The van der Waals surface area contributed by atoms with E-state index in [1.807, 2.05) is 0 Å². The lowest BCUT2D eigenvalue weighted by Gasteiger charge is -2.36. The second kappa shape index (κ2) is 7.30. The van der Waals surface area contributed by atoms with Gasteiger partial charge in [-0.1, -0.05) is 18.2 Å². The van der Waals surface area contributed by atoms with Crippen LogP contribution in [0.4, 0.5) is 8.78 Å². The number of ether oxygens (including phenoxy) is 1. The van der Waals surface area contributed by atoms with Gasteiger partial charge in [0.1, 0.15) is 22.3 Å². The van der Waals surface area contributed by atoms with Crippen LogP contribution < -0.4 is 10.1 Å². The van der Waals surface area contributed by atoms with Crippen molar-refractivity contribution in [3.63, 3.8) is 0 Å². The number of rotatable bonds is 4. The summed E-state index contributed by atoms with van der Waals surface area (Å²) in [4.78, 5) is -0.651. The lowest BCUT2D eigenvalue weighted by atomic mass is 10.0. The van der Waals surface area contributed by atoms with E-state index in [0.29, 0.717) is 24.4 Å². The average molecular weight is 382 g/mol. The van der Waals surface area contributed by atoms with Crippen LogP contribution in [0.2, 0.25) is 0 Å².